The lowest BCUT2D eigenvalue weighted by molar-refractivity contribution is 0.159. The number of anilines is 1. The minimum atomic E-state index is -0.282. The highest BCUT2D eigenvalue weighted by Crippen LogP contribution is 2.31. The lowest BCUT2D eigenvalue weighted by Crippen LogP contribution is -2.54. The molecule has 0 bridgehead atoms. The molecule has 0 unspecified atom stereocenters. The van der Waals surface area contributed by atoms with E-state index in [4.69, 9.17) is 11.7 Å². The van der Waals surface area contributed by atoms with Gasteiger partial charge in [-0.3, -0.25) is 15.1 Å². The van der Waals surface area contributed by atoms with Gasteiger partial charge in [-0.25, -0.2) is 30.3 Å². The van der Waals surface area contributed by atoms with Crippen LogP contribution in [0, 0.1) is 11.3 Å². The molecular formula is C24H23N13O. The van der Waals surface area contributed by atoms with Crippen LogP contribution in [-0.4, -0.2) is 83.9 Å². The Morgan fingerprint density at radius 3 is 2.63 bits per heavy atom. The van der Waals surface area contributed by atoms with E-state index in [9.17, 15) is 10.1 Å². The zero-order valence-corrected chi connectivity index (χ0v) is 20.4. The summed E-state index contributed by atoms with van der Waals surface area (Å²) in [6, 6.07) is 5.47. The summed E-state index contributed by atoms with van der Waals surface area (Å²) in [5.74, 6) is 12.9. The average molecular weight is 510 g/mol. The first kappa shape index (κ1) is 23.3. The number of nitrogens with zero attached hydrogens (tertiary/aromatic N) is 10. The number of nitrogens with one attached hydrogen (secondary N) is 1. The number of carbonyl (C=O) groups is 1. The van der Waals surface area contributed by atoms with Gasteiger partial charge in [0.25, 0.3) is 0 Å². The monoisotopic (exact) mass is 509 g/mol. The van der Waals surface area contributed by atoms with Crippen LogP contribution in [0.5, 0.6) is 0 Å². The molecule has 5 N–H and O–H groups in total. The molecule has 0 aromatic carbocycles. The van der Waals surface area contributed by atoms with Gasteiger partial charge in [0.2, 0.25) is 0 Å². The van der Waals surface area contributed by atoms with Gasteiger partial charge in [-0.2, -0.15) is 10.4 Å². The standard InChI is InChI=1S/C24H23N13O/c1-34-2-4-35(5-3-34)24(38)36(26)17-6-14(9-28-12-17)15-7-18-21(32-33-22(18)30-11-15)23-31-20-16(8-25)10-29-13-19(20)37(23)27/h6-7,9-13H,2-5,26-27H2,1H3,(H,30,32,33). The minimum Gasteiger partial charge on any atom is -0.337 e. The molecule has 5 aromatic heterocycles. The largest absolute Gasteiger partial charge is 0.339 e. The van der Waals surface area contributed by atoms with Crippen LogP contribution in [0.4, 0.5) is 10.5 Å². The van der Waals surface area contributed by atoms with Gasteiger partial charge in [-0.1, -0.05) is 0 Å². The highest BCUT2D eigenvalue weighted by molar-refractivity contribution is 5.95. The van der Waals surface area contributed by atoms with Crippen LogP contribution in [0.3, 0.4) is 0 Å². The molecule has 5 aromatic rings. The highest BCUT2D eigenvalue weighted by atomic mass is 16.2. The van der Waals surface area contributed by atoms with Crippen molar-refractivity contribution in [3.05, 3.63) is 48.7 Å². The fourth-order valence-corrected chi connectivity index (χ4v) is 4.47. The Bertz CT molecular complexity index is 1720. The number of hydrogen-bond donors (Lipinski definition) is 3. The molecule has 38 heavy (non-hydrogen) atoms. The molecule has 190 valence electrons. The van der Waals surface area contributed by atoms with Crippen molar-refractivity contribution in [2.75, 3.05) is 44.1 Å². The number of aromatic amines is 1. The molecule has 0 spiro atoms. The lowest BCUT2D eigenvalue weighted by atomic mass is 10.1. The lowest BCUT2D eigenvalue weighted by Gasteiger charge is -2.34. The number of rotatable bonds is 3. The summed E-state index contributed by atoms with van der Waals surface area (Å²) in [7, 11) is 2.02. The Morgan fingerprint density at radius 2 is 1.84 bits per heavy atom. The van der Waals surface area contributed by atoms with Crippen LogP contribution in [-0.2, 0) is 0 Å². The second kappa shape index (κ2) is 9.07. The van der Waals surface area contributed by atoms with E-state index in [0.29, 0.717) is 63.5 Å². The molecule has 2 amide bonds. The molecule has 0 saturated carbocycles. The van der Waals surface area contributed by atoms with Crippen LogP contribution in [0.25, 0.3) is 44.7 Å². The maximum absolute atomic E-state index is 13.0. The highest BCUT2D eigenvalue weighted by Gasteiger charge is 2.24. The predicted molar refractivity (Wildman–Crippen MR) is 140 cm³/mol. The maximum atomic E-state index is 13.0. The number of fused-ring (bicyclic) bond motifs is 2. The Morgan fingerprint density at radius 1 is 1.08 bits per heavy atom. The number of imidazole rings is 1. The number of nitrogens with two attached hydrogens (primary N) is 2. The topological polar surface area (TPSA) is 188 Å². The van der Waals surface area contributed by atoms with Crippen LogP contribution in [0.15, 0.2) is 43.1 Å². The van der Waals surface area contributed by atoms with Gasteiger partial charge in [0.15, 0.2) is 11.5 Å². The minimum absolute atomic E-state index is 0.282. The molecule has 0 atom stereocenters. The molecule has 1 aliphatic rings. The summed E-state index contributed by atoms with van der Waals surface area (Å²) in [6.45, 7) is 2.80. The maximum Gasteiger partial charge on any atom is 0.339 e. The van der Waals surface area contributed by atoms with Crippen molar-refractivity contribution in [3.8, 4) is 28.7 Å². The van der Waals surface area contributed by atoms with E-state index in [-0.39, 0.29) is 6.03 Å². The number of amides is 2. The molecule has 1 saturated heterocycles. The van der Waals surface area contributed by atoms with Crippen LogP contribution >= 0.6 is 0 Å². The number of piperazine rings is 1. The molecule has 14 heteroatoms. The Balaban J connectivity index is 1.36. The van der Waals surface area contributed by atoms with E-state index in [0.717, 1.165) is 23.7 Å². The van der Waals surface area contributed by atoms with Crippen LogP contribution < -0.4 is 16.7 Å². The summed E-state index contributed by atoms with van der Waals surface area (Å²) in [6.07, 6.45) is 7.88. The van der Waals surface area contributed by atoms with Crippen molar-refractivity contribution < 1.29 is 4.79 Å². The first-order valence-electron chi connectivity index (χ1n) is 11.8. The van der Waals surface area contributed by atoms with Gasteiger partial charge >= 0.3 is 6.03 Å². The van der Waals surface area contributed by atoms with Crippen molar-refractivity contribution in [1.82, 2.24) is 44.6 Å². The van der Waals surface area contributed by atoms with E-state index in [1.54, 1.807) is 35.8 Å². The van der Waals surface area contributed by atoms with E-state index in [2.05, 4.69) is 41.1 Å². The van der Waals surface area contributed by atoms with Crippen molar-refractivity contribution in [2.24, 2.45) is 5.84 Å². The van der Waals surface area contributed by atoms with Crippen LogP contribution in [0.2, 0.25) is 0 Å². The molecule has 1 aliphatic heterocycles. The quantitative estimate of drug-likeness (QED) is 0.180. The molecule has 0 radical (unpaired) electrons. The fraction of sp³-hybridized carbons (Fsp3) is 0.208. The normalized spacial score (nSPS) is 14.2. The number of nitriles is 1. The second-order valence-electron chi connectivity index (χ2n) is 9.04. The van der Waals surface area contributed by atoms with Crippen molar-refractivity contribution >= 4 is 33.8 Å². The zero-order chi connectivity index (χ0) is 26.4. The van der Waals surface area contributed by atoms with Crippen molar-refractivity contribution in [3.63, 3.8) is 0 Å². The van der Waals surface area contributed by atoms with Gasteiger partial charge in [0.1, 0.15) is 22.8 Å². The molecule has 0 aliphatic carbocycles. The number of pyridine rings is 3. The molecule has 6 rings (SSSR count). The first-order chi connectivity index (χ1) is 18.4. The van der Waals surface area contributed by atoms with E-state index in [1.807, 2.05) is 13.1 Å². The third-order valence-electron chi connectivity index (χ3n) is 6.67. The van der Waals surface area contributed by atoms with E-state index in [1.165, 1.54) is 10.9 Å². The van der Waals surface area contributed by atoms with Crippen LogP contribution in [0.1, 0.15) is 5.56 Å². The van der Waals surface area contributed by atoms with Gasteiger partial charge in [0, 0.05) is 55.9 Å². The summed E-state index contributed by atoms with van der Waals surface area (Å²) >= 11 is 0. The number of carbonyl (C=O) groups excluding carboxylic acids is 1. The summed E-state index contributed by atoms with van der Waals surface area (Å²) in [5, 5.41) is 18.5. The number of hydrogen-bond acceptors (Lipinski definition) is 10. The Labute approximate surface area is 216 Å². The van der Waals surface area contributed by atoms with Crippen molar-refractivity contribution in [1.29, 1.82) is 5.26 Å². The second-order valence-corrected chi connectivity index (χ2v) is 9.04. The summed E-state index contributed by atoms with van der Waals surface area (Å²) < 4.78 is 1.36. The van der Waals surface area contributed by atoms with E-state index >= 15 is 0 Å². The number of likely N-dealkylation sites (N-methyl/N-ethyl adjacent to an activating group) is 1. The number of nitrogen functional groups attached to an aromatic ring is 1. The number of hydrazine groups is 1. The zero-order valence-electron chi connectivity index (χ0n) is 20.4. The molecule has 1 fully saturated rings. The third-order valence-corrected chi connectivity index (χ3v) is 6.67. The average Bonchev–Trinajstić information content (AvgIpc) is 3.52. The van der Waals surface area contributed by atoms with Gasteiger partial charge in [-0.15, -0.1) is 0 Å². The molecular weight excluding hydrogens is 486 g/mol. The van der Waals surface area contributed by atoms with E-state index < -0.39 is 0 Å². The number of urea groups is 1. The smallest absolute Gasteiger partial charge is 0.337 e. The molecule has 6 heterocycles. The summed E-state index contributed by atoms with van der Waals surface area (Å²) in [5.41, 5.74) is 4.16. The number of aromatic nitrogens is 7. The number of H-pyrrole nitrogens is 1. The Hall–Kier alpha value is -5.13. The fourth-order valence-electron chi connectivity index (χ4n) is 4.47. The first-order valence-corrected chi connectivity index (χ1v) is 11.8. The predicted octanol–water partition coefficient (Wildman–Crippen LogP) is 1.06. The third kappa shape index (κ3) is 3.82. The van der Waals surface area contributed by atoms with Gasteiger partial charge in [-0.05, 0) is 19.2 Å². The summed E-state index contributed by atoms with van der Waals surface area (Å²) in [4.78, 5) is 34.3. The Kier molecular flexibility index (Phi) is 5.56. The molecule has 14 nitrogen and oxygen atoms in total. The van der Waals surface area contributed by atoms with Crippen molar-refractivity contribution in [2.45, 2.75) is 0 Å². The van der Waals surface area contributed by atoms with Gasteiger partial charge in [0.05, 0.1) is 29.0 Å². The van der Waals surface area contributed by atoms with Gasteiger partial charge < -0.3 is 15.6 Å². The SMILES string of the molecule is CN1CCN(C(=O)N(N)c2cncc(-c3cnc4n[nH]c(-c5nc6c(C#N)cncc6n5N)c4c3)c2)CC1.